The van der Waals surface area contributed by atoms with Gasteiger partial charge in [-0.2, -0.15) is 0 Å². The molecule has 19 nitrogen and oxygen atoms in total. The molecule has 1 aliphatic carbocycles. The number of anilines is 1. The molecule has 0 saturated carbocycles. The van der Waals surface area contributed by atoms with E-state index >= 15 is 0 Å². The predicted molar refractivity (Wildman–Crippen MR) is 252 cm³/mol. The second kappa shape index (κ2) is 25.6. The van der Waals surface area contributed by atoms with Crippen molar-refractivity contribution in [3.8, 4) is 0 Å². The lowest BCUT2D eigenvalue weighted by Gasteiger charge is -2.29. The molecule has 6 atom stereocenters. The summed E-state index contributed by atoms with van der Waals surface area (Å²) in [6.07, 6.45) is 3.78. The maximum atomic E-state index is 14.0. The van der Waals surface area contributed by atoms with E-state index in [1.165, 1.54) is 18.7 Å². The third-order valence-electron chi connectivity index (χ3n) is 11.7. The van der Waals surface area contributed by atoms with Crippen LogP contribution in [0.2, 0.25) is 0 Å². The van der Waals surface area contributed by atoms with Gasteiger partial charge in [0.1, 0.15) is 30.2 Å². The third kappa shape index (κ3) is 15.2. The van der Waals surface area contributed by atoms with Crippen molar-refractivity contribution in [2.24, 2.45) is 23.3 Å². The molecule has 0 bridgehead atoms. The van der Waals surface area contributed by atoms with Crippen LogP contribution in [0, 0.1) is 11.8 Å². The smallest absolute Gasteiger partial charge is 0.245 e. The predicted octanol–water partition coefficient (Wildman–Crippen LogP) is 1.01. The van der Waals surface area contributed by atoms with Crippen LogP contribution in [-0.2, 0) is 33.6 Å². The average Bonchev–Trinajstić information content (AvgIpc) is 3.79. The summed E-state index contributed by atoms with van der Waals surface area (Å²) in [5, 5.41) is 19.2. The molecule has 19 heteroatoms. The summed E-state index contributed by atoms with van der Waals surface area (Å²) in [5.74, 6) is -4.32. The number of unbranched alkanes of at least 4 members (excludes halogenated alkanes) is 1. The second-order valence-corrected chi connectivity index (χ2v) is 18.2. The fourth-order valence-electron chi connectivity index (χ4n) is 8.09. The molecule has 0 unspecified atom stereocenters. The molecule has 1 saturated heterocycles. The number of hydrogen-bond acceptors (Lipinski definition) is 12. The van der Waals surface area contributed by atoms with Crippen molar-refractivity contribution < 1.29 is 43.2 Å². The number of carbonyl (C=O) groups is 9. The highest BCUT2D eigenvalue weighted by Gasteiger charge is 2.38. The lowest BCUT2D eigenvalue weighted by atomic mass is 9.83. The largest absolute Gasteiger partial charge is 0.384 e. The Morgan fingerprint density at radius 1 is 0.672 bits per heavy atom. The minimum Gasteiger partial charge on any atom is -0.384 e. The molecular weight excluding hydrogens is 861 g/mol. The minimum atomic E-state index is -1.08. The Labute approximate surface area is 392 Å². The Hall–Kier alpha value is -6.21. The van der Waals surface area contributed by atoms with Crippen molar-refractivity contribution in [3.05, 3.63) is 64.7 Å². The number of nitrogens with one attached hydrogen (secondary N) is 7. The van der Waals surface area contributed by atoms with E-state index in [1.54, 1.807) is 42.5 Å². The summed E-state index contributed by atoms with van der Waals surface area (Å²) in [6.45, 7) is 11.4. The van der Waals surface area contributed by atoms with E-state index in [0.717, 1.165) is 0 Å². The van der Waals surface area contributed by atoms with Crippen LogP contribution in [0.3, 0.4) is 0 Å². The zero-order valence-corrected chi connectivity index (χ0v) is 39.6. The van der Waals surface area contributed by atoms with E-state index in [1.807, 2.05) is 27.7 Å². The van der Waals surface area contributed by atoms with E-state index in [4.69, 9.17) is 11.5 Å². The van der Waals surface area contributed by atoms with E-state index < -0.39 is 78.2 Å². The van der Waals surface area contributed by atoms with Gasteiger partial charge in [0.15, 0.2) is 11.6 Å². The van der Waals surface area contributed by atoms with Gasteiger partial charge in [0, 0.05) is 42.0 Å². The van der Waals surface area contributed by atoms with Crippen LogP contribution in [0.15, 0.2) is 42.5 Å². The molecule has 0 spiro atoms. The van der Waals surface area contributed by atoms with Crippen LogP contribution in [0.25, 0.3) is 0 Å². The van der Waals surface area contributed by atoms with Gasteiger partial charge in [0.2, 0.25) is 41.4 Å². The zero-order valence-electron chi connectivity index (χ0n) is 39.6. The van der Waals surface area contributed by atoms with Crippen molar-refractivity contribution >= 4 is 58.6 Å². The van der Waals surface area contributed by atoms with E-state index in [9.17, 15) is 43.2 Å². The van der Waals surface area contributed by atoms with Gasteiger partial charge in [-0.1, -0.05) is 70.5 Å². The van der Waals surface area contributed by atoms with Crippen molar-refractivity contribution in [3.63, 3.8) is 0 Å². The monoisotopic (exact) mass is 931 g/mol. The van der Waals surface area contributed by atoms with Crippen LogP contribution in [0.5, 0.6) is 0 Å². The zero-order chi connectivity index (χ0) is 49.4. The summed E-state index contributed by atoms with van der Waals surface area (Å²) in [6, 6.07) is 6.15. The Morgan fingerprint density at radius 2 is 1.28 bits per heavy atom. The first-order valence-electron chi connectivity index (χ1n) is 23.4. The number of rotatable bonds is 25. The normalized spacial score (nSPS) is 16.4. The average molecular weight is 931 g/mol. The molecule has 2 aliphatic rings. The molecule has 4 rings (SSSR count). The molecular formula is C48H70N10O9. The van der Waals surface area contributed by atoms with Crippen LogP contribution >= 0.6 is 0 Å². The van der Waals surface area contributed by atoms with Crippen molar-refractivity contribution in [2.45, 2.75) is 129 Å². The van der Waals surface area contributed by atoms with Crippen molar-refractivity contribution in [1.82, 2.24) is 36.8 Å². The first-order valence-corrected chi connectivity index (χ1v) is 23.4. The number of amides is 7. The van der Waals surface area contributed by atoms with Gasteiger partial charge >= 0.3 is 0 Å². The number of benzene rings is 2. The number of likely N-dealkylation sites (tertiary alicyclic amines) is 1. The second-order valence-electron chi connectivity index (χ2n) is 18.2. The molecule has 0 radical (unpaired) electrons. The highest BCUT2D eigenvalue weighted by molar-refractivity contribution is 6.30. The van der Waals surface area contributed by atoms with Crippen LogP contribution in [0.1, 0.15) is 125 Å². The molecule has 0 aromatic heterocycles. The molecule has 2 aromatic carbocycles. The van der Waals surface area contributed by atoms with Gasteiger partial charge in [0.25, 0.3) is 0 Å². The number of carbonyl (C=O) groups excluding carboxylic acids is 9. The molecule has 1 heterocycles. The number of nitrogens with zero attached hydrogens (tertiary/aromatic N) is 1. The molecule has 366 valence electrons. The van der Waals surface area contributed by atoms with Crippen molar-refractivity contribution in [1.29, 1.82) is 0 Å². The molecule has 2 aromatic rings. The number of fused-ring (bicyclic) bond motifs is 2. The molecule has 7 amide bonds. The Balaban J connectivity index is 1.26. The minimum absolute atomic E-state index is 0.0129. The standard InChI is InChI=1S/C48H70N10O9/c1-27(2)24-36(57-44(63)30(6)54-43(62)29(5)55-45(64)34(50)17-9-10-20-49)46(65)53-26-39(59)56-37(25-28(3)4)48(67)58-23-12-19-38(58)47(66)52-22-13-21-51-35-18-11-16-33-40(35)42(61)32-15-8-7-14-31(32)41(33)60/h7-8,11,14-16,18,27-30,34,36-38,51H,9-10,12-13,17,19-26,49-50H2,1-6H3,(H,52,66)(H,53,65)(H,54,62)(H,55,64)(H,56,59)(H,57,63)/t29-,30-,34-,36-,37-,38-/m0/s1. The molecule has 1 fully saturated rings. The summed E-state index contributed by atoms with van der Waals surface area (Å²) in [4.78, 5) is 121. The maximum absolute atomic E-state index is 14.0. The lowest BCUT2D eigenvalue weighted by molar-refractivity contribution is -0.141. The van der Waals surface area contributed by atoms with Gasteiger partial charge in [0.05, 0.1) is 18.2 Å². The maximum Gasteiger partial charge on any atom is 0.245 e. The fourth-order valence-corrected chi connectivity index (χ4v) is 8.09. The Morgan fingerprint density at radius 3 is 1.94 bits per heavy atom. The quantitative estimate of drug-likeness (QED) is 0.0539. The summed E-state index contributed by atoms with van der Waals surface area (Å²) in [5.41, 5.74) is 13.3. The Bertz CT molecular complexity index is 2130. The summed E-state index contributed by atoms with van der Waals surface area (Å²) in [7, 11) is 0. The van der Waals surface area contributed by atoms with Gasteiger partial charge in [-0.25, -0.2) is 0 Å². The summed E-state index contributed by atoms with van der Waals surface area (Å²) >= 11 is 0. The van der Waals surface area contributed by atoms with E-state index in [2.05, 4.69) is 37.2 Å². The van der Waals surface area contributed by atoms with Crippen LogP contribution in [0.4, 0.5) is 5.69 Å². The van der Waals surface area contributed by atoms with Gasteiger partial charge < -0.3 is 53.6 Å². The Kier molecular flexibility index (Phi) is 20.4. The van der Waals surface area contributed by atoms with Crippen LogP contribution < -0.4 is 48.7 Å². The molecule has 11 N–H and O–H groups in total. The van der Waals surface area contributed by atoms with Gasteiger partial charge in [-0.15, -0.1) is 0 Å². The number of nitrogens with two attached hydrogens (primary N) is 2. The van der Waals surface area contributed by atoms with Crippen molar-refractivity contribution in [2.75, 3.05) is 38.0 Å². The molecule has 1 aliphatic heterocycles. The number of hydrogen-bond donors (Lipinski definition) is 9. The first-order chi connectivity index (χ1) is 31.8. The highest BCUT2D eigenvalue weighted by Crippen LogP contribution is 2.32. The fraction of sp³-hybridized carbons (Fsp3) is 0.562. The van der Waals surface area contributed by atoms with Crippen LogP contribution in [-0.4, -0.2) is 127 Å². The first kappa shape index (κ1) is 53.4. The van der Waals surface area contributed by atoms with Gasteiger partial charge in [-0.05, 0) is 83.2 Å². The van der Waals surface area contributed by atoms with E-state index in [0.29, 0.717) is 86.1 Å². The number of ketones is 2. The van der Waals surface area contributed by atoms with E-state index in [-0.39, 0.29) is 48.7 Å². The molecule has 67 heavy (non-hydrogen) atoms. The topological polar surface area (TPSA) is 293 Å². The summed E-state index contributed by atoms with van der Waals surface area (Å²) < 4.78 is 0. The lowest BCUT2D eigenvalue weighted by Crippen LogP contribution is -2.57. The SMILES string of the molecule is CC(C)C[C@H](NC(=O)[C@H](C)NC(=O)[C@H](C)NC(=O)[C@@H](N)CCCCN)C(=O)NCC(=O)N[C@@H](CC(C)C)C(=O)N1CCC[C@H]1C(=O)NCCCNc1cccc2c1C(=O)c1ccccc1C2=O. The highest BCUT2D eigenvalue weighted by atomic mass is 16.2. The van der Waals surface area contributed by atoms with Gasteiger partial charge in [-0.3, -0.25) is 43.2 Å². The third-order valence-corrected chi connectivity index (χ3v) is 11.7.